The van der Waals surface area contributed by atoms with Crippen LogP contribution < -0.4 is 0 Å². The topological polar surface area (TPSA) is 69.3 Å². The standard InChI is InChI=1S/C31H34N4O2/c1-34(31(37)28-13-7-8-18-32-28)29(21-23-9-3-2-4-10-23)24-16-19-35(20-17-24)30(36)15-14-25-22-33-27-12-6-5-11-26(25)27/h2-13,18,22,24,29,33H,14-17,19-21H2,1H3. The van der Waals surface area contributed by atoms with E-state index in [-0.39, 0.29) is 17.9 Å². The number of aromatic amines is 1. The Hall–Kier alpha value is -3.93. The zero-order chi connectivity index (χ0) is 25.6. The molecular weight excluding hydrogens is 460 g/mol. The third kappa shape index (κ3) is 5.74. The Morgan fingerprint density at radius 2 is 1.73 bits per heavy atom. The molecule has 2 amide bonds. The van der Waals surface area contributed by atoms with Crippen LogP contribution in [-0.2, 0) is 17.6 Å². The summed E-state index contributed by atoms with van der Waals surface area (Å²) in [6, 6.07) is 24.0. The minimum Gasteiger partial charge on any atom is -0.361 e. The van der Waals surface area contributed by atoms with Gasteiger partial charge in [0.05, 0.1) is 0 Å². The van der Waals surface area contributed by atoms with Crippen molar-refractivity contribution >= 4 is 22.7 Å². The molecule has 2 aromatic heterocycles. The molecule has 190 valence electrons. The molecule has 0 bridgehead atoms. The van der Waals surface area contributed by atoms with Crippen LogP contribution in [0.2, 0.25) is 0 Å². The molecule has 37 heavy (non-hydrogen) atoms. The summed E-state index contributed by atoms with van der Waals surface area (Å²) in [5.41, 5.74) is 3.98. The molecule has 5 rings (SSSR count). The number of hydrogen-bond acceptors (Lipinski definition) is 3. The third-order valence-corrected chi connectivity index (χ3v) is 7.71. The van der Waals surface area contributed by atoms with E-state index < -0.39 is 0 Å². The fraction of sp³-hybridized carbons (Fsp3) is 0.323. The molecule has 1 aliphatic heterocycles. The van der Waals surface area contributed by atoms with E-state index in [0.717, 1.165) is 44.3 Å². The van der Waals surface area contributed by atoms with Crippen LogP contribution in [0, 0.1) is 5.92 Å². The fourth-order valence-corrected chi connectivity index (χ4v) is 5.57. The quantitative estimate of drug-likeness (QED) is 0.370. The number of carbonyl (C=O) groups is 2. The lowest BCUT2D eigenvalue weighted by Gasteiger charge is -2.40. The van der Waals surface area contributed by atoms with Crippen molar-refractivity contribution in [3.8, 4) is 0 Å². The van der Waals surface area contributed by atoms with Crippen LogP contribution in [0.3, 0.4) is 0 Å². The summed E-state index contributed by atoms with van der Waals surface area (Å²) in [4.78, 5) is 37.8. The Bertz CT molecular complexity index is 1330. The molecule has 3 heterocycles. The summed E-state index contributed by atoms with van der Waals surface area (Å²) >= 11 is 0. The van der Waals surface area contributed by atoms with Gasteiger partial charge in [-0.2, -0.15) is 0 Å². The number of para-hydroxylation sites is 1. The molecule has 1 fully saturated rings. The van der Waals surface area contributed by atoms with Crippen molar-refractivity contribution in [1.29, 1.82) is 0 Å². The lowest BCUT2D eigenvalue weighted by Crippen LogP contribution is -2.48. The van der Waals surface area contributed by atoms with E-state index in [2.05, 4.69) is 34.2 Å². The highest BCUT2D eigenvalue weighted by molar-refractivity contribution is 5.92. The first-order valence-corrected chi connectivity index (χ1v) is 13.1. The highest BCUT2D eigenvalue weighted by Gasteiger charge is 2.33. The van der Waals surface area contributed by atoms with E-state index in [1.165, 1.54) is 16.5 Å². The van der Waals surface area contributed by atoms with Crippen LogP contribution in [0.4, 0.5) is 0 Å². The number of likely N-dealkylation sites (N-methyl/N-ethyl adjacent to an activating group) is 1. The number of benzene rings is 2. The van der Waals surface area contributed by atoms with Gasteiger partial charge < -0.3 is 14.8 Å². The zero-order valence-corrected chi connectivity index (χ0v) is 21.3. The van der Waals surface area contributed by atoms with Gasteiger partial charge in [-0.3, -0.25) is 14.6 Å². The number of amides is 2. The largest absolute Gasteiger partial charge is 0.361 e. The fourth-order valence-electron chi connectivity index (χ4n) is 5.57. The van der Waals surface area contributed by atoms with Crippen LogP contribution in [0.1, 0.15) is 40.9 Å². The molecule has 2 aromatic carbocycles. The lowest BCUT2D eigenvalue weighted by molar-refractivity contribution is -0.132. The average molecular weight is 495 g/mol. The molecule has 6 heteroatoms. The highest BCUT2D eigenvalue weighted by Crippen LogP contribution is 2.28. The smallest absolute Gasteiger partial charge is 0.272 e. The molecular formula is C31H34N4O2. The Balaban J connectivity index is 1.22. The van der Waals surface area contributed by atoms with E-state index in [0.29, 0.717) is 18.0 Å². The van der Waals surface area contributed by atoms with E-state index in [4.69, 9.17) is 0 Å². The molecule has 0 radical (unpaired) electrons. The van der Waals surface area contributed by atoms with E-state index in [1.54, 1.807) is 12.3 Å². The third-order valence-electron chi connectivity index (χ3n) is 7.71. The Morgan fingerprint density at radius 3 is 2.49 bits per heavy atom. The van der Waals surface area contributed by atoms with Gasteiger partial charge in [0.2, 0.25) is 5.91 Å². The van der Waals surface area contributed by atoms with E-state index in [1.807, 2.05) is 65.5 Å². The number of aromatic nitrogens is 2. The summed E-state index contributed by atoms with van der Waals surface area (Å²) < 4.78 is 0. The number of piperidine rings is 1. The van der Waals surface area contributed by atoms with Gasteiger partial charge in [0.1, 0.15) is 5.69 Å². The Morgan fingerprint density at radius 1 is 1.00 bits per heavy atom. The maximum Gasteiger partial charge on any atom is 0.272 e. The van der Waals surface area contributed by atoms with E-state index >= 15 is 0 Å². The Labute approximate surface area is 218 Å². The van der Waals surface area contributed by atoms with E-state index in [9.17, 15) is 9.59 Å². The SMILES string of the molecule is CN(C(=O)c1ccccn1)C(Cc1ccccc1)C1CCN(C(=O)CCc2c[nH]c3ccccc23)CC1. The number of likely N-dealkylation sites (tertiary alicyclic amines) is 1. The normalized spacial score (nSPS) is 15.0. The van der Waals surface area contributed by atoms with Crippen molar-refractivity contribution in [2.75, 3.05) is 20.1 Å². The predicted molar refractivity (Wildman–Crippen MR) is 146 cm³/mol. The van der Waals surface area contributed by atoms with Crippen LogP contribution in [-0.4, -0.2) is 57.8 Å². The summed E-state index contributed by atoms with van der Waals surface area (Å²) in [6.07, 6.45) is 7.49. The number of pyridine rings is 1. The maximum atomic E-state index is 13.3. The molecule has 1 saturated heterocycles. The van der Waals surface area contributed by atoms with Gasteiger partial charge >= 0.3 is 0 Å². The van der Waals surface area contributed by atoms with Gasteiger partial charge in [-0.05, 0) is 60.9 Å². The predicted octanol–water partition coefficient (Wildman–Crippen LogP) is 5.12. The highest BCUT2D eigenvalue weighted by atomic mass is 16.2. The van der Waals surface area contributed by atoms with Crippen molar-refractivity contribution in [2.45, 2.75) is 38.1 Å². The second-order valence-electron chi connectivity index (χ2n) is 9.97. The second kappa shape index (κ2) is 11.4. The zero-order valence-electron chi connectivity index (χ0n) is 21.3. The maximum absolute atomic E-state index is 13.3. The average Bonchev–Trinajstić information content (AvgIpc) is 3.38. The molecule has 0 aliphatic carbocycles. The van der Waals surface area contributed by atoms with Gasteiger partial charge in [0.25, 0.3) is 5.91 Å². The first-order chi connectivity index (χ1) is 18.1. The van der Waals surface area contributed by atoms with Gasteiger partial charge in [-0.1, -0.05) is 54.6 Å². The molecule has 1 N–H and O–H groups in total. The monoisotopic (exact) mass is 494 g/mol. The minimum atomic E-state index is -0.0567. The van der Waals surface area contributed by atoms with Gasteiger partial charge in [0, 0.05) is 55.9 Å². The summed E-state index contributed by atoms with van der Waals surface area (Å²) in [7, 11) is 1.89. The summed E-state index contributed by atoms with van der Waals surface area (Å²) in [6.45, 7) is 1.46. The van der Waals surface area contributed by atoms with Gasteiger partial charge in [-0.15, -0.1) is 0 Å². The van der Waals surface area contributed by atoms with Crippen molar-refractivity contribution in [2.24, 2.45) is 5.92 Å². The number of rotatable bonds is 8. The molecule has 1 atom stereocenters. The van der Waals surface area contributed by atoms with Crippen LogP contribution in [0.15, 0.2) is 85.2 Å². The molecule has 1 unspecified atom stereocenters. The molecule has 0 saturated carbocycles. The minimum absolute atomic E-state index is 0.0420. The van der Waals surface area contributed by atoms with Crippen molar-refractivity contribution < 1.29 is 9.59 Å². The van der Waals surface area contributed by atoms with Crippen molar-refractivity contribution in [1.82, 2.24) is 19.8 Å². The van der Waals surface area contributed by atoms with Crippen molar-refractivity contribution in [3.63, 3.8) is 0 Å². The molecule has 1 aliphatic rings. The first-order valence-electron chi connectivity index (χ1n) is 13.1. The molecule has 0 spiro atoms. The number of carbonyl (C=O) groups excluding carboxylic acids is 2. The van der Waals surface area contributed by atoms with Crippen LogP contribution in [0.5, 0.6) is 0 Å². The molecule has 4 aromatic rings. The summed E-state index contributed by atoms with van der Waals surface area (Å²) in [5, 5.41) is 1.19. The van der Waals surface area contributed by atoms with Crippen LogP contribution >= 0.6 is 0 Å². The second-order valence-corrected chi connectivity index (χ2v) is 9.97. The van der Waals surface area contributed by atoms with Crippen LogP contribution in [0.25, 0.3) is 10.9 Å². The molecule has 6 nitrogen and oxygen atoms in total. The lowest BCUT2D eigenvalue weighted by atomic mass is 9.84. The number of hydrogen-bond donors (Lipinski definition) is 1. The summed E-state index contributed by atoms with van der Waals surface area (Å²) in [5.74, 6) is 0.468. The number of nitrogens with one attached hydrogen (secondary N) is 1. The number of nitrogens with zero attached hydrogens (tertiary/aromatic N) is 3. The number of H-pyrrole nitrogens is 1. The number of fused-ring (bicyclic) bond motifs is 1. The Kier molecular flexibility index (Phi) is 7.64. The van der Waals surface area contributed by atoms with Crippen molar-refractivity contribution in [3.05, 3.63) is 102 Å². The van der Waals surface area contributed by atoms with Gasteiger partial charge in [-0.25, -0.2) is 0 Å². The number of aryl methyl sites for hydroxylation is 1. The first kappa shape index (κ1) is 24.8. The van der Waals surface area contributed by atoms with Gasteiger partial charge in [0.15, 0.2) is 0 Å².